The van der Waals surface area contributed by atoms with E-state index in [0.717, 1.165) is 36.2 Å². The fraction of sp³-hybridized carbons (Fsp3) is 0.419. The Hall–Kier alpha value is -4.69. The van der Waals surface area contributed by atoms with E-state index in [2.05, 4.69) is 29.4 Å². The smallest absolute Gasteiger partial charge is 0.277 e. The molecule has 1 aliphatic rings. The Morgan fingerprint density at radius 1 is 1.20 bits per heavy atom. The van der Waals surface area contributed by atoms with Gasteiger partial charge in [-0.25, -0.2) is 19.1 Å². The number of hydrogen-bond donors (Lipinski definition) is 4. The number of imidazole rings is 1. The van der Waals surface area contributed by atoms with Crippen LogP contribution in [0.1, 0.15) is 48.7 Å². The van der Waals surface area contributed by atoms with E-state index in [4.69, 9.17) is 32.5 Å². The predicted octanol–water partition coefficient (Wildman–Crippen LogP) is 2.44. The van der Waals surface area contributed by atoms with Crippen LogP contribution in [0.2, 0.25) is 5.15 Å². The van der Waals surface area contributed by atoms with E-state index in [1.807, 2.05) is 32.0 Å². The van der Waals surface area contributed by atoms with Crippen LogP contribution in [0.15, 0.2) is 36.5 Å². The lowest BCUT2D eigenvalue weighted by atomic mass is 10.0. The number of rotatable bonds is 12. The van der Waals surface area contributed by atoms with Gasteiger partial charge in [0.1, 0.15) is 23.7 Å². The average molecular weight is 653 g/mol. The topological polar surface area (TPSA) is 188 Å². The first kappa shape index (κ1) is 32.7. The Kier molecular flexibility index (Phi) is 10.4. The third kappa shape index (κ3) is 7.23. The number of amides is 2. The average Bonchev–Trinajstić information content (AvgIpc) is 3.35. The van der Waals surface area contributed by atoms with E-state index in [9.17, 15) is 14.7 Å². The monoisotopic (exact) mass is 652 g/mol. The molecule has 0 aliphatic carbocycles. The van der Waals surface area contributed by atoms with Crippen molar-refractivity contribution in [1.29, 1.82) is 0 Å². The number of pyridine rings is 1. The first-order chi connectivity index (χ1) is 22.2. The molecular formula is C31H39ClN9O5+. The van der Waals surface area contributed by atoms with Gasteiger partial charge in [-0.05, 0) is 51.0 Å². The number of aromatic hydroxyl groups is 1. The highest BCUT2D eigenvalue weighted by Crippen LogP contribution is 2.25. The van der Waals surface area contributed by atoms with Gasteiger partial charge in [0, 0.05) is 37.9 Å². The molecule has 0 unspecified atom stereocenters. The SMILES string of the molecule is CCN(Cc1ncccc1O)C(=O)COc1ccc2c(c1)n(CC)c(CNC(=O)c1nc(Cl)c(N)nc1N)[n+]2CC1CCOCC1. The van der Waals surface area contributed by atoms with E-state index in [1.54, 1.807) is 23.2 Å². The molecule has 0 bridgehead atoms. The molecule has 0 atom stereocenters. The van der Waals surface area contributed by atoms with Gasteiger partial charge in [0.15, 0.2) is 40.1 Å². The van der Waals surface area contributed by atoms with Crippen LogP contribution in [0, 0.1) is 5.92 Å². The quantitative estimate of drug-likeness (QED) is 0.166. The number of halogens is 1. The number of hydrogen-bond acceptors (Lipinski definition) is 10. The number of fused-ring (bicyclic) bond motifs is 1. The number of nitrogens with one attached hydrogen (secondary N) is 1. The number of likely N-dealkylation sites (N-methyl/N-ethyl adjacent to an activating group) is 1. The van der Waals surface area contributed by atoms with Gasteiger partial charge in [-0.15, -0.1) is 0 Å². The highest BCUT2D eigenvalue weighted by atomic mass is 35.5. The van der Waals surface area contributed by atoms with Gasteiger partial charge in [-0.1, -0.05) is 11.6 Å². The van der Waals surface area contributed by atoms with Crippen LogP contribution < -0.4 is 26.1 Å². The predicted molar refractivity (Wildman–Crippen MR) is 171 cm³/mol. The maximum atomic E-state index is 13.1. The van der Waals surface area contributed by atoms with Crippen molar-refractivity contribution in [1.82, 2.24) is 29.7 Å². The van der Waals surface area contributed by atoms with Gasteiger partial charge in [-0.2, -0.15) is 0 Å². The lowest BCUT2D eigenvalue weighted by molar-refractivity contribution is -0.687. The molecule has 14 nitrogen and oxygen atoms in total. The molecule has 46 heavy (non-hydrogen) atoms. The number of nitrogens with two attached hydrogens (primary N) is 2. The summed E-state index contributed by atoms with van der Waals surface area (Å²) in [6.07, 6.45) is 3.44. The highest BCUT2D eigenvalue weighted by Gasteiger charge is 2.29. The molecular weight excluding hydrogens is 614 g/mol. The van der Waals surface area contributed by atoms with Crippen molar-refractivity contribution in [3.8, 4) is 11.5 Å². The summed E-state index contributed by atoms with van der Waals surface area (Å²) in [6, 6.07) is 8.89. The van der Waals surface area contributed by atoms with Crippen LogP contribution in [0.5, 0.6) is 11.5 Å². The van der Waals surface area contributed by atoms with Gasteiger partial charge < -0.3 is 36.3 Å². The van der Waals surface area contributed by atoms with Crippen LogP contribution in [0.4, 0.5) is 11.6 Å². The number of anilines is 2. The third-order valence-corrected chi connectivity index (χ3v) is 8.36. The standard InChI is InChI=1S/C31H38ClN9O5/c1-3-39(17-21-24(42)6-5-11-35-21)26(43)18-46-20-7-8-22-23(14-20)40(4-2)25(41(22)16-19-9-12-45-13-10-19)15-36-31(44)27-29(33)38-30(34)28(32)37-27/h5-8,11,14,19H,3-4,9-10,12-13,15-18H2,1-2H3,(H5-,33,34,36,38,42,44)/p+1. The second-order valence-electron chi connectivity index (χ2n) is 11.0. The minimum atomic E-state index is -0.528. The fourth-order valence-corrected chi connectivity index (χ4v) is 5.72. The number of benzene rings is 1. The summed E-state index contributed by atoms with van der Waals surface area (Å²) in [6.45, 7) is 7.23. The normalized spacial score (nSPS) is 13.5. The summed E-state index contributed by atoms with van der Waals surface area (Å²) in [5, 5.41) is 12.9. The summed E-state index contributed by atoms with van der Waals surface area (Å²) in [5.74, 6) is 0.903. The molecule has 1 saturated heterocycles. The van der Waals surface area contributed by atoms with E-state index >= 15 is 0 Å². The van der Waals surface area contributed by atoms with Crippen LogP contribution in [-0.4, -0.2) is 67.7 Å². The van der Waals surface area contributed by atoms with Crippen molar-refractivity contribution in [3.63, 3.8) is 0 Å². The zero-order valence-electron chi connectivity index (χ0n) is 25.9. The zero-order valence-corrected chi connectivity index (χ0v) is 26.7. The van der Waals surface area contributed by atoms with Crippen molar-refractivity contribution >= 4 is 46.1 Å². The van der Waals surface area contributed by atoms with Crippen LogP contribution in [0.25, 0.3) is 11.0 Å². The summed E-state index contributed by atoms with van der Waals surface area (Å²) in [4.78, 5) is 39.9. The fourth-order valence-electron chi connectivity index (χ4n) is 5.59. The molecule has 4 aromatic rings. The summed E-state index contributed by atoms with van der Waals surface area (Å²) < 4.78 is 15.9. The first-order valence-electron chi connectivity index (χ1n) is 15.2. The van der Waals surface area contributed by atoms with E-state index in [-0.39, 0.29) is 53.8 Å². The number of aryl methyl sites for hydroxylation is 1. The Bertz CT molecular complexity index is 1720. The van der Waals surface area contributed by atoms with Crippen LogP contribution >= 0.6 is 11.6 Å². The van der Waals surface area contributed by atoms with Gasteiger partial charge >= 0.3 is 0 Å². The zero-order chi connectivity index (χ0) is 32.8. The maximum absolute atomic E-state index is 13.1. The van der Waals surface area contributed by atoms with Gasteiger partial charge in [0.05, 0.1) is 19.6 Å². The van der Waals surface area contributed by atoms with E-state index in [0.29, 0.717) is 43.7 Å². The number of aromatic nitrogens is 5. The first-order valence-corrected chi connectivity index (χ1v) is 15.6. The lowest BCUT2D eigenvalue weighted by Crippen LogP contribution is -2.44. The Morgan fingerprint density at radius 3 is 2.70 bits per heavy atom. The molecule has 0 radical (unpaired) electrons. The molecule has 1 aromatic carbocycles. The molecule has 2 amide bonds. The molecule has 15 heteroatoms. The molecule has 244 valence electrons. The highest BCUT2D eigenvalue weighted by molar-refractivity contribution is 6.31. The molecule has 1 fully saturated rings. The van der Waals surface area contributed by atoms with Gasteiger partial charge in [0.25, 0.3) is 17.6 Å². The Balaban J connectivity index is 1.39. The second-order valence-corrected chi connectivity index (χ2v) is 11.3. The lowest BCUT2D eigenvalue weighted by Gasteiger charge is -2.21. The van der Waals surface area contributed by atoms with Crippen molar-refractivity contribution in [2.75, 3.05) is 37.8 Å². The molecule has 4 heterocycles. The minimum Gasteiger partial charge on any atom is -0.506 e. The second kappa shape index (κ2) is 14.6. The number of ether oxygens (including phenoxy) is 2. The maximum Gasteiger partial charge on any atom is 0.277 e. The Morgan fingerprint density at radius 2 is 1.98 bits per heavy atom. The van der Waals surface area contributed by atoms with Gasteiger partial charge in [-0.3, -0.25) is 14.6 Å². The molecule has 1 aliphatic heterocycles. The van der Waals surface area contributed by atoms with E-state index in [1.165, 1.54) is 0 Å². The summed E-state index contributed by atoms with van der Waals surface area (Å²) >= 11 is 6.01. The van der Waals surface area contributed by atoms with Gasteiger partial charge in [0.2, 0.25) is 0 Å². The molecule has 5 rings (SSSR count). The molecule has 0 spiro atoms. The minimum absolute atomic E-state index is 0.0372. The van der Waals surface area contributed by atoms with E-state index < -0.39 is 5.91 Å². The number of carbonyl (C=O) groups excluding carboxylic acids is 2. The Labute approximate surface area is 271 Å². The van der Waals surface area contributed by atoms with Crippen molar-refractivity contribution in [2.24, 2.45) is 5.92 Å². The van der Waals surface area contributed by atoms with Crippen LogP contribution in [0.3, 0.4) is 0 Å². The van der Waals surface area contributed by atoms with Crippen LogP contribution in [-0.2, 0) is 35.7 Å². The van der Waals surface area contributed by atoms with Crippen molar-refractivity contribution < 1.29 is 28.7 Å². The number of nitrogen functional groups attached to an aromatic ring is 2. The summed E-state index contributed by atoms with van der Waals surface area (Å²) in [5.41, 5.74) is 13.8. The molecule has 3 aromatic heterocycles. The molecule has 0 saturated carbocycles. The largest absolute Gasteiger partial charge is 0.506 e. The number of nitrogens with zero attached hydrogens (tertiary/aromatic N) is 6. The molecule has 6 N–H and O–H groups in total. The van der Waals surface area contributed by atoms with Crippen molar-refractivity contribution in [3.05, 3.63) is 58.9 Å². The summed E-state index contributed by atoms with van der Waals surface area (Å²) in [7, 11) is 0. The third-order valence-electron chi connectivity index (χ3n) is 8.08. The van der Waals surface area contributed by atoms with Crippen molar-refractivity contribution in [2.45, 2.75) is 52.9 Å². The number of carbonyl (C=O) groups is 2.